The molecule has 0 saturated carbocycles. The van der Waals surface area contributed by atoms with Gasteiger partial charge < -0.3 is 9.84 Å². The molecule has 0 fully saturated rings. The molecule has 5 nitrogen and oxygen atoms in total. The van der Waals surface area contributed by atoms with Crippen LogP contribution in [0.5, 0.6) is 11.5 Å². The molecular formula is C17H18N2O3. The predicted molar refractivity (Wildman–Crippen MR) is 85.5 cm³/mol. The van der Waals surface area contributed by atoms with Gasteiger partial charge in [-0.25, -0.2) is 5.43 Å². The van der Waals surface area contributed by atoms with Crippen LogP contribution >= 0.6 is 0 Å². The molecule has 0 spiro atoms. The molecular weight excluding hydrogens is 280 g/mol. The van der Waals surface area contributed by atoms with Crippen molar-refractivity contribution < 1.29 is 14.6 Å². The largest absolute Gasteiger partial charge is 0.504 e. The Morgan fingerprint density at radius 3 is 2.86 bits per heavy atom. The van der Waals surface area contributed by atoms with Crippen LogP contribution in [0.1, 0.15) is 28.4 Å². The van der Waals surface area contributed by atoms with Gasteiger partial charge in [-0.1, -0.05) is 17.7 Å². The Bertz CT molecular complexity index is 696. The van der Waals surface area contributed by atoms with Crippen molar-refractivity contribution in [1.29, 1.82) is 0 Å². The molecule has 2 N–H and O–H groups in total. The van der Waals surface area contributed by atoms with Crippen LogP contribution in [0.25, 0.3) is 0 Å². The smallest absolute Gasteiger partial charge is 0.271 e. The van der Waals surface area contributed by atoms with Gasteiger partial charge in [0.05, 0.1) is 12.8 Å². The van der Waals surface area contributed by atoms with Crippen molar-refractivity contribution in [2.75, 3.05) is 6.61 Å². The number of carbonyl (C=O) groups is 1. The van der Waals surface area contributed by atoms with E-state index in [-0.39, 0.29) is 11.7 Å². The number of ether oxygens (including phenoxy) is 1. The summed E-state index contributed by atoms with van der Waals surface area (Å²) in [6, 6.07) is 12.1. The molecule has 0 unspecified atom stereocenters. The second kappa shape index (κ2) is 7.26. The zero-order chi connectivity index (χ0) is 15.9. The van der Waals surface area contributed by atoms with Crippen molar-refractivity contribution in [3.05, 3.63) is 59.2 Å². The number of hydrogen-bond donors (Lipinski definition) is 2. The highest BCUT2D eigenvalue weighted by Crippen LogP contribution is 2.26. The number of aromatic hydroxyl groups is 1. The lowest BCUT2D eigenvalue weighted by molar-refractivity contribution is 0.0955. The van der Waals surface area contributed by atoms with Crippen molar-refractivity contribution in [1.82, 2.24) is 5.43 Å². The zero-order valence-corrected chi connectivity index (χ0v) is 12.5. The summed E-state index contributed by atoms with van der Waals surface area (Å²) >= 11 is 0. The molecule has 0 radical (unpaired) electrons. The summed E-state index contributed by atoms with van der Waals surface area (Å²) in [5.41, 5.74) is 4.75. The lowest BCUT2D eigenvalue weighted by Crippen LogP contribution is -2.17. The van der Waals surface area contributed by atoms with Gasteiger partial charge in [0.1, 0.15) is 0 Å². The number of hydrogen-bond acceptors (Lipinski definition) is 4. The highest BCUT2D eigenvalue weighted by atomic mass is 16.5. The Balaban J connectivity index is 2.03. The second-order valence-corrected chi connectivity index (χ2v) is 4.73. The Morgan fingerprint density at radius 1 is 1.32 bits per heavy atom. The summed E-state index contributed by atoms with van der Waals surface area (Å²) in [6.45, 7) is 4.21. The Kier molecular flexibility index (Phi) is 5.14. The summed E-state index contributed by atoms with van der Waals surface area (Å²) in [4.78, 5) is 11.9. The van der Waals surface area contributed by atoms with Crippen molar-refractivity contribution in [3.63, 3.8) is 0 Å². The first-order chi connectivity index (χ1) is 10.6. The molecule has 0 bridgehead atoms. The van der Waals surface area contributed by atoms with Crippen LogP contribution < -0.4 is 10.2 Å². The highest BCUT2D eigenvalue weighted by molar-refractivity contribution is 5.95. The third kappa shape index (κ3) is 4.09. The van der Waals surface area contributed by atoms with E-state index in [1.807, 2.05) is 26.0 Å². The third-order valence-corrected chi connectivity index (χ3v) is 2.94. The first-order valence-electron chi connectivity index (χ1n) is 6.96. The first-order valence-corrected chi connectivity index (χ1v) is 6.96. The fourth-order valence-corrected chi connectivity index (χ4v) is 1.90. The van der Waals surface area contributed by atoms with E-state index in [1.54, 1.807) is 24.3 Å². The normalized spacial score (nSPS) is 10.6. The summed E-state index contributed by atoms with van der Waals surface area (Å²) in [7, 11) is 0. The van der Waals surface area contributed by atoms with Gasteiger partial charge in [0, 0.05) is 5.56 Å². The fourth-order valence-electron chi connectivity index (χ4n) is 1.90. The third-order valence-electron chi connectivity index (χ3n) is 2.94. The molecule has 0 aromatic heterocycles. The summed E-state index contributed by atoms with van der Waals surface area (Å²) in [5, 5.41) is 13.5. The minimum Gasteiger partial charge on any atom is -0.504 e. The average Bonchev–Trinajstić information content (AvgIpc) is 2.50. The maximum absolute atomic E-state index is 11.9. The number of aryl methyl sites for hydroxylation is 1. The zero-order valence-electron chi connectivity index (χ0n) is 12.5. The Morgan fingerprint density at radius 2 is 2.14 bits per heavy atom. The molecule has 0 heterocycles. The number of nitrogens with one attached hydrogen (secondary N) is 1. The van der Waals surface area contributed by atoms with Gasteiger partial charge in [-0.15, -0.1) is 0 Å². The number of rotatable bonds is 5. The Labute approximate surface area is 129 Å². The molecule has 1 amide bonds. The van der Waals surface area contributed by atoms with Gasteiger partial charge in [0.2, 0.25) is 0 Å². The van der Waals surface area contributed by atoms with Gasteiger partial charge in [0.15, 0.2) is 11.5 Å². The molecule has 5 heteroatoms. The van der Waals surface area contributed by atoms with Crippen LogP contribution in [0, 0.1) is 6.92 Å². The Hall–Kier alpha value is -2.82. The van der Waals surface area contributed by atoms with Crippen LogP contribution in [0.15, 0.2) is 47.6 Å². The number of benzene rings is 2. The van der Waals surface area contributed by atoms with Gasteiger partial charge in [-0.2, -0.15) is 5.10 Å². The molecule has 2 aromatic carbocycles. The van der Waals surface area contributed by atoms with Gasteiger partial charge in [0.25, 0.3) is 5.91 Å². The predicted octanol–water partition coefficient (Wildman–Crippen LogP) is 2.86. The molecule has 2 rings (SSSR count). The molecule has 0 aliphatic carbocycles. The van der Waals surface area contributed by atoms with Crippen LogP contribution in [-0.4, -0.2) is 23.8 Å². The maximum atomic E-state index is 11.9. The molecule has 22 heavy (non-hydrogen) atoms. The van der Waals surface area contributed by atoms with Crippen LogP contribution in [0.4, 0.5) is 0 Å². The maximum Gasteiger partial charge on any atom is 0.271 e. The number of phenols is 1. The van der Waals surface area contributed by atoms with Gasteiger partial charge >= 0.3 is 0 Å². The topological polar surface area (TPSA) is 70.9 Å². The van der Waals surface area contributed by atoms with Crippen LogP contribution in [-0.2, 0) is 0 Å². The summed E-state index contributed by atoms with van der Waals surface area (Å²) in [5.74, 6) is 0.183. The number of phenolic OH excluding ortho intramolecular Hbond substituents is 1. The van der Waals surface area contributed by atoms with E-state index in [0.717, 1.165) is 5.56 Å². The molecule has 114 valence electrons. The van der Waals surface area contributed by atoms with Gasteiger partial charge in [-0.3, -0.25) is 4.79 Å². The van der Waals surface area contributed by atoms with Crippen LogP contribution in [0.2, 0.25) is 0 Å². The van der Waals surface area contributed by atoms with E-state index >= 15 is 0 Å². The van der Waals surface area contributed by atoms with E-state index in [1.165, 1.54) is 12.3 Å². The lowest BCUT2D eigenvalue weighted by Gasteiger charge is -2.06. The molecule has 2 aromatic rings. The van der Waals surface area contributed by atoms with Crippen molar-refractivity contribution in [2.45, 2.75) is 13.8 Å². The number of nitrogens with zero attached hydrogens (tertiary/aromatic N) is 1. The summed E-state index contributed by atoms with van der Waals surface area (Å²) in [6.07, 6.45) is 1.50. The van der Waals surface area contributed by atoms with E-state index in [0.29, 0.717) is 23.5 Å². The second-order valence-electron chi connectivity index (χ2n) is 4.73. The van der Waals surface area contributed by atoms with E-state index in [2.05, 4.69) is 10.5 Å². The quantitative estimate of drug-likeness (QED) is 0.658. The fraction of sp³-hybridized carbons (Fsp3) is 0.176. The van der Waals surface area contributed by atoms with Crippen molar-refractivity contribution in [2.24, 2.45) is 5.10 Å². The first kappa shape index (κ1) is 15.6. The average molecular weight is 298 g/mol. The summed E-state index contributed by atoms with van der Waals surface area (Å²) < 4.78 is 5.29. The van der Waals surface area contributed by atoms with E-state index in [9.17, 15) is 9.90 Å². The highest BCUT2D eigenvalue weighted by Gasteiger charge is 2.04. The van der Waals surface area contributed by atoms with E-state index < -0.39 is 0 Å². The SMILES string of the molecule is CCOc1cc(/C=N/NC(=O)c2cccc(C)c2)ccc1O. The van der Waals surface area contributed by atoms with Gasteiger partial charge in [-0.05, 0) is 49.7 Å². The molecule has 0 aliphatic rings. The molecule has 0 aliphatic heterocycles. The number of hydrazone groups is 1. The van der Waals surface area contributed by atoms with E-state index in [4.69, 9.17) is 4.74 Å². The minimum atomic E-state index is -0.274. The van der Waals surface area contributed by atoms with Crippen molar-refractivity contribution >= 4 is 12.1 Å². The van der Waals surface area contributed by atoms with Crippen molar-refractivity contribution in [3.8, 4) is 11.5 Å². The molecule has 0 saturated heterocycles. The monoisotopic (exact) mass is 298 g/mol. The van der Waals surface area contributed by atoms with Crippen LogP contribution in [0.3, 0.4) is 0 Å². The molecule has 0 atom stereocenters. The number of amides is 1. The number of carbonyl (C=O) groups excluding carboxylic acids is 1. The minimum absolute atomic E-state index is 0.0720. The lowest BCUT2D eigenvalue weighted by atomic mass is 10.1. The standard InChI is InChI=1S/C17H18N2O3/c1-3-22-16-10-13(7-8-15(16)20)11-18-19-17(21)14-6-4-5-12(2)9-14/h4-11,20H,3H2,1-2H3,(H,19,21)/b18-11+.